The fourth-order valence-electron chi connectivity index (χ4n) is 2.38. The molecule has 5 nitrogen and oxygen atoms in total. The molecule has 0 atom stereocenters. The number of amides is 1. The molecule has 0 radical (unpaired) electrons. The predicted molar refractivity (Wildman–Crippen MR) is 99.2 cm³/mol. The first-order valence-electron chi connectivity index (χ1n) is 8.21. The first kappa shape index (κ1) is 19.1. The summed E-state index contributed by atoms with van der Waals surface area (Å²) in [5.41, 5.74) is 7.39. The van der Waals surface area contributed by atoms with Crippen molar-refractivity contribution in [3.63, 3.8) is 0 Å². The number of halogens is 1. The number of nitrogens with two attached hydrogens (primary N) is 1. The van der Waals surface area contributed by atoms with Crippen LogP contribution in [-0.4, -0.2) is 25.7 Å². The summed E-state index contributed by atoms with van der Waals surface area (Å²) in [6.07, 6.45) is 0.951. The molecular weight excluding hydrogens is 340 g/mol. The van der Waals surface area contributed by atoms with Crippen molar-refractivity contribution in [1.29, 1.82) is 0 Å². The van der Waals surface area contributed by atoms with Gasteiger partial charge in [0, 0.05) is 6.54 Å². The molecule has 0 unspecified atom stereocenters. The molecule has 134 valence electrons. The zero-order valence-electron chi connectivity index (χ0n) is 14.3. The Kier molecular flexibility index (Phi) is 7.57. The third-order valence-electron chi connectivity index (χ3n) is 3.49. The van der Waals surface area contributed by atoms with Crippen LogP contribution in [0.15, 0.2) is 42.5 Å². The quantitative estimate of drug-likeness (QED) is 0.637. The van der Waals surface area contributed by atoms with Crippen molar-refractivity contribution in [2.24, 2.45) is 5.73 Å². The Bertz CT molecular complexity index is 693. The number of carbonyl (C=O) groups is 1. The van der Waals surface area contributed by atoms with Crippen LogP contribution >= 0.6 is 11.6 Å². The minimum Gasteiger partial charge on any atom is -0.490 e. The Hall–Kier alpha value is -2.24. The molecular formula is C19H23ClN2O3. The smallest absolute Gasteiger partial charge is 0.255 e. The number of nitrogens with one attached hydrogen (secondary N) is 1. The highest BCUT2D eigenvalue weighted by molar-refractivity contribution is 6.32. The molecule has 0 saturated carbocycles. The lowest BCUT2D eigenvalue weighted by Crippen LogP contribution is -2.20. The maximum Gasteiger partial charge on any atom is 0.255 e. The van der Waals surface area contributed by atoms with Crippen LogP contribution in [0, 0.1) is 0 Å². The van der Waals surface area contributed by atoms with E-state index in [9.17, 15) is 4.79 Å². The third-order valence-corrected chi connectivity index (χ3v) is 3.77. The zero-order chi connectivity index (χ0) is 18.1. The molecule has 25 heavy (non-hydrogen) atoms. The molecule has 3 N–H and O–H groups in total. The average molecular weight is 363 g/mol. The average Bonchev–Trinajstić information content (AvgIpc) is 2.59. The maximum absolute atomic E-state index is 10.9. The lowest BCUT2D eigenvalue weighted by atomic mass is 10.1. The summed E-state index contributed by atoms with van der Waals surface area (Å²) in [4.78, 5) is 10.9. The number of rotatable bonds is 10. The fraction of sp³-hybridized carbons (Fsp3) is 0.316. The molecule has 0 fully saturated rings. The largest absolute Gasteiger partial charge is 0.490 e. The first-order chi connectivity index (χ1) is 12.1. The van der Waals surface area contributed by atoms with Gasteiger partial charge < -0.3 is 20.5 Å². The van der Waals surface area contributed by atoms with Gasteiger partial charge in [0.25, 0.3) is 5.91 Å². The van der Waals surface area contributed by atoms with Crippen LogP contribution in [0.5, 0.6) is 11.5 Å². The topological polar surface area (TPSA) is 73.6 Å². The van der Waals surface area contributed by atoms with Crippen molar-refractivity contribution in [1.82, 2.24) is 5.32 Å². The van der Waals surface area contributed by atoms with E-state index >= 15 is 0 Å². The van der Waals surface area contributed by atoms with Crippen molar-refractivity contribution in [3.05, 3.63) is 58.6 Å². The number of hydrogen-bond donors (Lipinski definition) is 2. The summed E-state index contributed by atoms with van der Waals surface area (Å²) in [6.45, 7) is 3.60. The third kappa shape index (κ3) is 6.29. The summed E-state index contributed by atoms with van der Waals surface area (Å²) in [6, 6.07) is 14.0. The minimum atomic E-state index is -0.565. The van der Waals surface area contributed by atoms with Gasteiger partial charge in [-0.2, -0.15) is 0 Å². The van der Waals surface area contributed by atoms with E-state index in [1.807, 2.05) is 31.2 Å². The van der Waals surface area contributed by atoms with Gasteiger partial charge in [0.05, 0.1) is 11.6 Å². The highest BCUT2D eigenvalue weighted by Crippen LogP contribution is 2.36. The zero-order valence-corrected chi connectivity index (χ0v) is 15.0. The number of hydrogen-bond acceptors (Lipinski definition) is 4. The van der Waals surface area contributed by atoms with Gasteiger partial charge in [0.2, 0.25) is 0 Å². The van der Waals surface area contributed by atoms with E-state index in [2.05, 4.69) is 17.4 Å². The molecule has 2 aromatic rings. The Labute approximate surface area is 153 Å². The van der Waals surface area contributed by atoms with Gasteiger partial charge in [-0.15, -0.1) is 0 Å². The predicted octanol–water partition coefficient (Wildman–Crippen LogP) is 2.94. The van der Waals surface area contributed by atoms with E-state index in [1.54, 1.807) is 6.07 Å². The van der Waals surface area contributed by atoms with Crippen molar-refractivity contribution in [3.8, 4) is 11.5 Å². The molecule has 0 aliphatic carbocycles. The Balaban J connectivity index is 1.96. The molecule has 0 spiro atoms. The Morgan fingerprint density at radius 1 is 1.16 bits per heavy atom. The van der Waals surface area contributed by atoms with Gasteiger partial charge in [-0.05, 0) is 43.1 Å². The monoisotopic (exact) mass is 362 g/mol. The molecule has 0 bridgehead atoms. The minimum absolute atomic E-state index is 0.242. The van der Waals surface area contributed by atoms with E-state index in [1.165, 1.54) is 5.56 Å². The van der Waals surface area contributed by atoms with E-state index < -0.39 is 5.91 Å². The second kappa shape index (κ2) is 9.91. The first-order valence-corrected chi connectivity index (χ1v) is 8.59. The van der Waals surface area contributed by atoms with Crippen molar-refractivity contribution >= 4 is 17.5 Å². The van der Waals surface area contributed by atoms with E-state index in [-0.39, 0.29) is 6.61 Å². The molecule has 2 rings (SSSR count). The van der Waals surface area contributed by atoms with Gasteiger partial charge in [-0.25, -0.2) is 0 Å². The molecule has 0 aliphatic rings. The van der Waals surface area contributed by atoms with Gasteiger partial charge >= 0.3 is 0 Å². The number of ether oxygens (including phenoxy) is 2. The van der Waals surface area contributed by atoms with Crippen molar-refractivity contribution < 1.29 is 14.3 Å². The molecule has 2 aromatic carbocycles. The van der Waals surface area contributed by atoms with E-state index in [0.717, 1.165) is 18.5 Å². The van der Waals surface area contributed by atoms with Gasteiger partial charge in [0.1, 0.15) is 0 Å². The maximum atomic E-state index is 10.9. The molecule has 0 aromatic heterocycles. The summed E-state index contributed by atoms with van der Waals surface area (Å²) < 4.78 is 10.9. The van der Waals surface area contributed by atoms with Gasteiger partial charge in [-0.3, -0.25) is 4.79 Å². The normalized spacial score (nSPS) is 10.5. The van der Waals surface area contributed by atoms with Gasteiger partial charge in [0.15, 0.2) is 18.1 Å². The summed E-state index contributed by atoms with van der Waals surface area (Å²) >= 11 is 6.28. The van der Waals surface area contributed by atoms with Crippen molar-refractivity contribution in [2.75, 3.05) is 19.8 Å². The van der Waals surface area contributed by atoms with Crippen LogP contribution in [0.4, 0.5) is 0 Å². The van der Waals surface area contributed by atoms with Crippen LogP contribution in [0.1, 0.15) is 18.1 Å². The highest BCUT2D eigenvalue weighted by Gasteiger charge is 2.13. The SMILES string of the molecule is CCOc1cc(CNCCc2ccccc2)cc(Cl)c1OCC(N)=O. The van der Waals surface area contributed by atoms with Crippen molar-refractivity contribution in [2.45, 2.75) is 19.9 Å². The fourth-order valence-corrected chi connectivity index (χ4v) is 2.67. The molecule has 6 heteroatoms. The van der Waals surface area contributed by atoms with Crippen LogP contribution < -0.4 is 20.5 Å². The Morgan fingerprint density at radius 2 is 1.92 bits per heavy atom. The van der Waals surface area contributed by atoms with Crippen LogP contribution in [0.3, 0.4) is 0 Å². The molecule has 0 aliphatic heterocycles. The lowest BCUT2D eigenvalue weighted by molar-refractivity contribution is -0.119. The highest BCUT2D eigenvalue weighted by atomic mass is 35.5. The number of carbonyl (C=O) groups excluding carboxylic acids is 1. The Morgan fingerprint density at radius 3 is 2.60 bits per heavy atom. The summed E-state index contributed by atoms with van der Waals surface area (Å²) in [7, 11) is 0. The second-order valence-corrected chi connectivity index (χ2v) is 5.91. The molecule has 1 amide bonds. The van der Waals surface area contributed by atoms with Gasteiger partial charge in [-0.1, -0.05) is 41.9 Å². The van der Waals surface area contributed by atoms with E-state index in [0.29, 0.717) is 29.7 Å². The standard InChI is InChI=1S/C19H23ClN2O3/c1-2-24-17-11-15(10-16(20)19(17)25-13-18(21)23)12-22-9-8-14-6-4-3-5-7-14/h3-7,10-11,22H,2,8-9,12-13H2,1H3,(H2,21,23). The van der Waals surface area contributed by atoms with Crippen LogP contribution in [0.2, 0.25) is 5.02 Å². The molecule has 0 saturated heterocycles. The molecule has 0 heterocycles. The number of primary amides is 1. The van der Waals surface area contributed by atoms with Crippen LogP contribution in [-0.2, 0) is 17.8 Å². The second-order valence-electron chi connectivity index (χ2n) is 5.51. The van der Waals surface area contributed by atoms with E-state index in [4.69, 9.17) is 26.8 Å². The number of benzene rings is 2. The lowest BCUT2D eigenvalue weighted by Gasteiger charge is -2.15. The summed E-state index contributed by atoms with van der Waals surface area (Å²) in [5, 5.41) is 3.78. The summed E-state index contributed by atoms with van der Waals surface area (Å²) in [5.74, 6) is 0.289. The van der Waals surface area contributed by atoms with Crippen LogP contribution in [0.25, 0.3) is 0 Å².